The van der Waals surface area contributed by atoms with Gasteiger partial charge in [-0.05, 0) is 77.7 Å². The Morgan fingerprint density at radius 2 is 0.889 bits per heavy atom. The van der Waals surface area contributed by atoms with Gasteiger partial charge >= 0.3 is 0 Å². The van der Waals surface area contributed by atoms with Crippen molar-refractivity contribution in [1.29, 1.82) is 0 Å². The molecule has 3 aromatic carbocycles. The highest BCUT2D eigenvalue weighted by atomic mass is 79.9. The van der Waals surface area contributed by atoms with Gasteiger partial charge < -0.3 is 0 Å². The number of hydrogen-bond acceptors (Lipinski definition) is 0. The van der Waals surface area contributed by atoms with Crippen LogP contribution in [0.3, 0.4) is 0 Å². The van der Waals surface area contributed by atoms with E-state index in [1.54, 1.807) is 0 Å². The summed E-state index contributed by atoms with van der Waals surface area (Å²) in [5.74, 6) is 0. The van der Waals surface area contributed by atoms with Crippen LogP contribution in [-0.2, 0) is 0 Å². The maximum atomic E-state index is 3.72. The first-order valence-electron chi connectivity index (χ1n) is 5.23. The number of hydrogen-bond donors (Lipinski definition) is 0. The van der Waals surface area contributed by atoms with Crippen LogP contribution in [0.5, 0.6) is 0 Å². The van der Waals surface area contributed by atoms with Gasteiger partial charge in [-0.3, -0.25) is 0 Å². The van der Waals surface area contributed by atoms with Crippen molar-refractivity contribution in [3.63, 3.8) is 0 Å². The van der Waals surface area contributed by atoms with Gasteiger partial charge in [0.1, 0.15) is 0 Å². The van der Waals surface area contributed by atoms with Crippen molar-refractivity contribution in [3.05, 3.63) is 54.3 Å². The SMILES string of the molecule is Brc1ccc2c(Br)c3cc(Br)ccc3c(Br)c2c1. The Morgan fingerprint density at radius 3 is 1.28 bits per heavy atom. The van der Waals surface area contributed by atoms with Crippen molar-refractivity contribution in [2.75, 3.05) is 0 Å². The van der Waals surface area contributed by atoms with E-state index in [9.17, 15) is 0 Å². The lowest BCUT2D eigenvalue weighted by molar-refractivity contribution is 1.66. The van der Waals surface area contributed by atoms with Crippen LogP contribution in [0.2, 0.25) is 0 Å². The van der Waals surface area contributed by atoms with E-state index in [0.717, 1.165) is 17.9 Å². The van der Waals surface area contributed by atoms with Gasteiger partial charge in [0.05, 0.1) is 0 Å². The molecule has 0 amide bonds. The van der Waals surface area contributed by atoms with Crippen molar-refractivity contribution >= 4 is 85.3 Å². The lowest BCUT2D eigenvalue weighted by Crippen LogP contribution is -1.83. The average molecular weight is 494 g/mol. The molecule has 0 spiro atoms. The molecule has 0 nitrogen and oxygen atoms in total. The number of halogens is 4. The van der Waals surface area contributed by atoms with E-state index in [4.69, 9.17) is 0 Å². The van der Waals surface area contributed by atoms with Gasteiger partial charge in [0.25, 0.3) is 0 Å². The van der Waals surface area contributed by atoms with E-state index in [1.807, 2.05) is 0 Å². The first kappa shape index (κ1) is 13.1. The van der Waals surface area contributed by atoms with Gasteiger partial charge in [-0.25, -0.2) is 0 Å². The minimum atomic E-state index is 1.08. The van der Waals surface area contributed by atoms with E-state index in [-0.39, 0.29) is 0 Å². The lowest BCUT2D eigenvalue weighted by atomic mass is 10.0. The summed E-state index contributed by atoms with van der Waals surface area (Å²) in [4.78, 5) is 0. The van der Waals surface area contributed by atoms with Crippen LogP contribution in [0.25, 0.3) is 21.5 Å². The summed E-state index contributed by atoms with van der Waals surface area (Å²) in [7, 11) is 0. The quantitative estimate of drug-likeness (QED) is 0.295. The first-order valence-corrected chi connectivity index (χ1v) is 8.40. The maximum Gasteiger partial charge on any atom is 0.0333 e. The van der Waals surface area contributed by atoms with E-state index < -0.39 is 0 Å². The molecule has 90 valence electrons. The van der Waals surface area contributed by atoms with Gasteiger partial charge in [-0.1, -0.05) is 44.0 Å². The summed E-state index contributed by atoms with van der Waals surface area (Å²) in [6.07, 6.45) is 0. The molecule has 3 rings (SSSR count). The van der Waals surface area contributed by atoms with E-state index >= 15 is 0 Å². The van der Waals surface area contributed by atoms with Crippen LogP contribution in [0.4, 0.5) is 0 Å². The van der Waals surface area contributed by atoms with Gasteiger partial charge in [0, 0.05) is 17.9 Å². The molecule has 0 aliphatic heterocycles. The van der Waals surface area contributed by atoms with Crippen molar-refractivity contribution in [2.45, 2.75) is 0 Å². The zero-order valence-corrected chi connectivity index (χ0v) is 15.3. The molecule has 0 aromatic heterocycles. The Kier molecular flexibility index (Phi) is 3.56. The van der Waals surface area contributed by atoms with Crippen LogP contribution >= 0.6 is 63.7 Å². The Morgan fingerprint density at radius 1 is 0.500 bits per heavy atom. The molecule has 18 heavy (non-hydrogen) atoms. The van der Waals surface area contributed by atoms with Crippen molar-refractivity contribution in [1.82, 2.24) is 0 Å². The summed E-state index contributed by atoms with van der Waals surface area (Å²) in [5, 5.41) is 4.81. The molecule has 4 heteroatoms. The van der Waals surface area contributed by atoms with Crippen molar-refractivity contribution < 1.29 is 0 Å². The third-order valence-corrected chi connectivity index (χ3v) is 5.60. The zero-order chi connectivity index (χ0) is 12.9. The van der Waals surface area contributed by atoms with Gasteiger partial charge in [0.15, 0.2) is 0 Å². The fourth-order valence-corrected chi connectivity index (χ4v) is 4.14. The van der Waals surface area contributed by atoms with E-state index in [1.165, 1.54) is 21.5 Å². The monoisotopic (exact) mass is 490 g/mol. The number of benzene rings is 3. The molecule has 0 N–H and O–H groups in total. The molecular formula is C14H6Br4. The Bertz CT molecular complexity index is 710. The molecule has 3 aromatic rings. The minimum absolute atomic E-state index is 1.08. The summed E-state index contributed by atoms with van der Waals surface area (Å²) in [6.45, 7) is 0. The topological polar surface area (TPSA) is 0 Å². The van der Waals surface area contributed by atoms with Crippen LogP contribution in [0, 0.1) is 0 Å². The zero-order valence-electron chi connectivity index (χ0n) is 8.98. The summed E-state index contributed by atoms with van der Waals surface area (Å²) < 4.78 is 4.42. The Hall–Kier alpha value is 0.1000. The molecule has 0 saturated carbocycles. The molecule has 0 atom stereocenters. The Labute approximate surface area is 138 Å². The van der Waals surface area contributed by atoms with Crippen LogP contribution < -0.4 is 0 Å². The fraction of sp³-hybridized carbons (Fsp3) is 0. The molecule has 0 fully saturated rings. The highest BCUT2D eigenvalue weighted by Crippen LogP contribution is 2.41. The van der Waals surface area contributed by atoms with Gasteiger partial charge in [-0.15, -0.1) is 0 Å². The average Bonchev–Trinajstić information content (AvgIpc) is 2.36. The molecule has 0 bridgehead atoms. The standard InChI is InChI=1S/C14H6Br4/c15-7-1-3-9-11(5-7)14(18)10-4-2-8(16)6-12(10)13(9)17/h1-6H. The van der Waals surface area contributed by atoms with Crippen LogP contribution in [-0.4, -0.2) is 0 Å². The summed E-state index contributed by atoms with van der Waals surface area (Å²) in [5.41, 5.74) is 0. The number of fused-ring (bicyclic) bond motifs is 2. The van der Waals surface area contributed by atoms with Crippen molar-refractivity contribution in [2.24, 2.45) is 0 Å². The minimum Gasteiger partial charge on any atom is -0.0521 e. The first-order chi connectivity index (χ1) is 8.58. The summed E-state index contributed by atoms with van der Waals surface area (Å²) in [6, 6.07) is 12.6. The molecule has 0 unspecified atom stereocenters. The second-order valence-electron chi connectivity index (χ2n) is 4.01. The van der Waals surface area contributed by atoms with E-state index in [2.05, 4.69) is 100 Å². The molecule has 0 aliphatic rings. The maximum absolute atomic E-state index is 3.72. The third-order valence-electron chi connectivity index (χ3n) is 2.91. The predicted octanol–water partition coefficient (Wildman–Crippen LogP) is 7.04. The largest absolute Gasteiger partial charge is 0.0521 e. The highest BCUT2D eigenvalue weighted by molar-refractivity contribution is 9.11. The van der Waals surface area contributed by atoms with Crippen LogP contribution in [0.15, 0.2) is 54.3 Å². The van der Waals surface area contributed by atoms with Gasteiger partial charge in [0.2, 0.25) is 0 Å². The predicted molar refractivity (Wildman–Crippen MR) is 92.3 cm³/mol. The van der Waals surface area contributed by atoms with Gasteiger partial charge in [-0.2, -0.15) is 0 Å². The number of rotatable bonds is 0. The molecule has 0 radical (unpaired) electrons. The molecule has 0 heterocycles. The molecule has 0 aliphatic carbocycles. The lowest BCUT2D eigenvalue weighted by Gasteiger charge is -2.10. The third kappa shape index (κ3) is 2.07. The van der Waals surface area contributed by atoms with Crippen molar-refractivity contribution in [3.8, 4) is 0 Å². The normalized spacial score (nSPS) is 11.3. The second-order valence-corrected chi connectivity index (χ2v) is 7.43. The Balaban J connectivity index is 2.60. The smallest absolute Gasteiger partial charge is 0.0333 e. The summed E-state index contributed by atoms with van der Waals surface area (Å²) >= 11 is 14.5. The molecule has 0 saturated heterocycles. The van der Waals surface area contributed by atoms with E-state index in [0.29, 0.717) is 0 Å². The molecular weight excluding hydrogens is 488 g/mol. The highest BCUT2D eigenvalue weighted by Gasteiger charge is 2.11. The second kappa shape index (κ2) is 4.89. The van der Waals surface area contributed by atoms with Crippen LogP contribution in [0.1, 0.15) is 0 Å². The fourth-order valence-electron chi connectivity index (χ4n) is 2.07.